The van der Waals surface area contributed by atoms with Crippen LogP contribution in [0, 0.1) is 5.92 Å². The van der Waals surface area contributed by atoms with Crippen molar-refractivity contribution in [3.05, 3.63) is 0 Å². The molecular formula is C16H31N3. The number of rotatable bonds is 4. The minimum Gasteiger partial charge on any atom is -0.328 e. The van der Waals surface area contributed by atoms with Gasteiger partial charge in [0.2, 0.25) is 0 Å². The average molecular weight is 265 g/mol. The van der Waals surface area contributed by atoms with Gasteiger partial charge in [-0.3, -0.25) is 4.90 Å². The second kappa shape index (κ2) is 6.11. The van der Waals surface area contributed by atoms with Crippen LogP contribution < -0.4 is 5.73 Å². The van der Waals surface area contributed by atoms with Crippen LogP contribution in [-0.4, -0.2) is 54.1 Å². The van der Waals surface area contributed by atoms with Gasteiger partial charge in [0.05, 0.1) is 0 Å². The maximum atomic E-state index is 6.22. The molecule has 0 aromatic heterocycles. The van der Waals surface area contributed by atoms with Crippen molar-refractivity contribution >= 4 is 0 Å². The summed E-state index contributed by atoms with van der Waals surface area (Å²) in [6.45, 7) is 7.73. The summed E-state index contributed by atoms with van der Waals surface area (Å²) in [6.07, 6.45) is 9.52. The van der Waals surface area contributed by atoms with E-state index in [0.29, 0.717) is 6.04 Å². The molecule has 110 valence electrons. The van der Waals surface area contributed by atoms with Gasteiger partial charge in [0.25, 0.3) is 0 Å². The summed E-state index contributed by atoms with van der Waals surface area (Å²) in [4.78, 5) is 5.49. The Balaban J connectivity index is 1.53. The van der Waals surface area contributed by atoms with Crippen LogP contribution in [-0.2, 0) is 0 Å². The quantitative estimate of drug-likeness (QED) is 0.844. The molecule has 2 N–H and O–H groups in total. The lowest BCUT2D eigenvalue weighted by Gasteiger charge is -2.49. The van der Waals surface area contributed by atoms with Gasteiger partial charge < -0.3 is 10.6 Å². The summed E-state index contributed by atoms with van der Waals surface area (Å²) < 4.78 is 0. The fourth-order valence-corrected chi connectivity index (χ4v) is 4.64. The fraction of sp³-hybridized carbons (Fsp3) is 1.00. The lowest BCUT2D eigenvalue weighted by atomic mass is 9.81. The molecule has 0 aliphatic carbocycles. The molecule has 0 aromatic rings. The third-order valence-corrected chi connectivity index (χ3v) is 5.45. The minimum absolute atomic E-state index is 0.473. The first-order valence-electron chi connectivity index (χ1n) is 8.46. The molecular weight excluding hydrogens is 234 g/mol. The molecule has 3 saturated heterocycles. The number of likely N-dealkylation sites (tertiary alicyclic amines) is 1. The van der Waals surface area contributed by atoms with Crippen LogP contribution in [0.15, 0.2) is 0 Å². The maximum absolute atomic E-state index is 6.22. The third-order valence-electron chi connectivity index (χ3n) is 5.45. The lowest BCUT2D eigenvalue weighted by Crippen LogP contribution is -2.56. The van der Waals surface area contributed by atoms with Crippen LogP contribution in [0.4, 0.5) is 0 Å². The Hall–Kier alpha value is -0.120. The Morgan fingerprint density at radius 3 is 2.26 bits per heavy atom. The second-order valence-corrected chi connectivity index (χ2v) is 7.28. The van der Waals surface area contributed by atoms with E-state index in [4.69, 9.17) is 5.73 Å². The zero-order chi connectivity index (χ0) is 13.2. The predicted molar refractivity (Wildman–Crippen MR) is 80.2 cm³/mol. The number of fused-ring (bicyclic) bond motifs is 2. The van der Waals surface area contributed by atoms with Gasteiger partial charge in [-0.15, -0.1) is 0 Å². The number of hydrogen-bond donors (Lipinski definition) is 1. The first kappa shape index (κ1) is 13.8. The standard InChI is InChI=1S/C16H31N3/c1-13(11-18-7-2-3-8-18)12-19-15-5-4-6-16(19)10-14(17)9-15/h13-16H,2-12,17H2,1H3. The first-order valence-corrected chi connectivity index (χ1v) is 8.46. The molecule has 0 aromatic carbocycles. The van der Waals surface area contributed by atoms with Gasteiger partial charge in [-0.25, -0.2) is 0 Å². The van der Waals surface area contributed by atoms with E-state index >= 15 is 0 Å². The first-order chi connectivity index (χ1) is 9.22. The van der Waals surface area contributed by atoms with E-state index in [0.717, 1.165) is 18.0 Å². The molecule has 0 radical (unpaired) electrons. The number of nitrogens with zero attached hydrogens (tertiary/aromatic N) is 2. The minimum atomic E-state index is 0.473. The fourth-order valence-electron chi connectivity index (χ4n) is 4.64. The third kappa shape index (κ3) is 3.32. The Morgan fingerprint density at radius 2 is 1.63 bits per heavy atom. The number of nitrogens with two attached hydrogens (primary N) is 1. The Kier molecular flexibility index (Phi) is 4.45. The average Bonchev–Trinajstić information content (AvgIpc) is 2.83. The molecule has 0 spiro atoms. The van der Waals surface area contributed by atoms with Crippen LogP contribution in [0.1, 0.15) is 51.9 Å². The van der Waals surface area contributed by atoms with E-state index in [-0.39, 0.29) is 0 Å². The molecule has 3 atom stereocenters. The van der Waals surface area contributed by atoms with Gasteiger partial charge in [-0.05, 0) is 57.5 Å². The van der Waals surface area contributed by atoms with E-state index in [1.165, 1.54) is 71.1 Å². The van der Waals surface area contributed by atoms with Crippen molar-refractivity contribution in [1.29, 1.82) is 0 Å². The lowest BCUT2D eigenvalue weighted by molar-refractivity contribution is 0.0169. The van der Waals surface area contributed by atoms with Gasteiger partial charge in [-0.1, -0.05) is 13.3 Å². The van der Waals surface area contributed by atoms with Crippen molar-refractivity contribution < 1.29 is 0 Å². The Labute approximate surface area is 118 Å². The van der Waals surface area contributed by atoms with Crippen molar-refractivity contribution in [2.75, 3.05) is 26.2 Å². The molecule has 3 heterocycles. The Morgan fingerprint density at radius 1 is 1.00 bits per heavy atom. The molecule has 3 fully saturated rings. The highest BCUT2D eigenvalue weighted by Gasteiger charge is 2.37. The maximum Gasteiger partial charge on any atom is 0.0113 e. The van der Waals surface area contributed by atoms with Crippen molar-refractivity contribution in [3.63, 3.8) is 0 Å². The van der Waals surface area contributed by atoms with E-state index in [1.807, 2.05) is 0 Å². The molecule has 2 bridgehead atoms. The van der Waals surface area contributed by atoms with Gasteiger partial charge in [-0.2, -0.15) is 0 Å². The van der Waals surface area contributed by atoms with E-state index in [1.54, 1.807) is 0 Å². The molecule has 19 heavy (non-hydrogen) atoms. The van der Waals surface area contributed by atoms with Crippen molar-refractivity contribution in [2.45, 2.75) is 70.0 Å². The normalized spacial score (nSPS) is 38.5. The zero-order valence-corrected chi connectivity index (χ0v) is 12.6. The summed E-state index contributed by atoms with van der Waals surface area (Å²) in [5.41, 5.74) is 6.22. The van der Waals surface area contributed by atoms with Gasteiger partial charge in [0.15, 0.2) is 0 Å². The van der Waals surface area contributed by atoms with Gasteiger partial charge in [0.1, 0.15) is 0 Å². The summed E-state index contributed by atoms with van der Waals surface area (Å²) in [7, 11) is 0. The van der Waals surface area contributed by atoms with E-state index in [2.05, 4.69) is 16.7 Å². The van der Waals surface area contributed by atoms with E-state index < -0.39 is 0 Å². The molecule has 0 amide bonds. The van der Waals surface area contributed by atoms with Gasteiger partial charge >= 0.3 is 0 Å². The summed E-state index contributed by atoms with van der Waals surface area (Å²) >= 11 is 0. The number of hydrogen-bond acceptors (Lipinski definition) is 3. The van der Waals surface area contributed by atoms with Crippen molar-refractivity contribution in [3.8, 4) is 0 Å². The smallest absolute Gasteiger partial charge is 0.0113 e. The monoisotopic (exact) mass is 265 g/mol. The highest BCUT2D eigenvalue weighted by Crippen LogP contribution is 2.34. The molecule has 3 unspecified atom stereocenters. The van der Waals surface area contributed by atoms with Crippen LogP contribution in [0.3, 0.4) is 0 Å². The molecule has 3 rings (SSSR count). The Bertz CT molecular complexity index is 274. The van der Waals surface area contributed by atoms with E-state index in [9.17, 15) is 0 Å². The molecule has 3 aliphatic rings. The molecule has 3 nitrogen and oxygen atoms in total. The molecule has 3 aliphatic heterocycles. The van der Waals surface area contributed by atoms with Crippen molar-refractivity contribution in [1.82, 2.24) is 9.80 Å². The molecule has 3 heteroatoms. The SMILES string of the molecule is CC(CN1CCCC1)CN1C2CCCC1CC(N)C2. The summed E-state index contributed by atoms with van der Waals surface area (Å²) in [6, 6.07) is 2.06. The second-order valence-electron chi connectivity index (χ2n) is 7.28. The van der Waals surface area contributed by atoms with Crippen LogP contribution in [0.25, 0.3) is 0 Å². The predicted octanol–water partition coefficient (Wildman–Crippen LogP) is 2.06. The number of piperidine rings is 2. The topological polar surface area (TPSA) is 32.5 Å². The van der Waals surface area contributed by atoms with Crippen LogP contribution >= 0.6 is 0 Å². The van der Waals surface area contributed by atoms with Gasteiger partial charge in [0, 0.05) is 31.2 Å². The van der Waals surface area contributed by atoms with Crippen LogP contribution in [0.2, 0.25) is 0 Å². The van der Waals surface area contributed by atoms with Crippen LogP contribution in [0.5, 0.6) is 0 Å². The summed E-state index contributed by atoms with van der Waals surface area (Å²) in [5, 5.41) is 0. The van der Waals surface area contributed by atoms with Crippen molar-refractivity contribution in [2.24, 2.45) is 11.7 Å². The highest BCUT2D eigenvalue weighted by atomic mass is 15.2. The summed E-state index contributed by atoms with van der Waals surface area (Å²) in [5.74, 6) is 0.815. The largest absolute Gasteiger partial charge is 0.328 e. The zero-order valence-electron chi connectivity index (χ0n) is 12.6. The molecule has 0 saturated carbocycles. The highest BCUT2D eigenvalue weighted by molar-refractivity contribution is 4.94.